The van der Waals surface area contributed by atoms with Gasteiger partial charge in [0.15, 0.2) is 5.13 Å². The van der Waals surface area contributed by atoms with Crippen LogP contribution in [0.4, 0.5) is 5.13 Å². The second-order valence-electron chi connectivity index (χ2n) is 11.9. The van der Waals surface area contributed by atoms with E-state index in [-0.39, 0.29) is 46.3 Å². The molecule has 1 heterocycles. The minimum Gasteiger partial charge on any atom is -0.392 e. The minimum absolute atomic E-state index is 0.00126. The Morgan fingerprint density at radius 3 is 2.71 bits per heavy atom. The third-order valence-corrected chi connectivity index (χ3v) is 8.81. The Kier molecular flexibility index (Phi) is 7.79. The van der Waals surface area contributed by atoms with Gasteiger partial charge in [0.05, 0.1) is 24.3 Å². The Hall–Kier alpha value is -1.98. The first kappa shape index (κ1) is 26.6. The van der Waals surface area contributed by atoms with Crippen LogP contribution < -0.4 is 5.32 Å². The largest absolute Gasteiger partial charge is 0.392 e. The van der Waals surface area contributed by atoms with Crippen LogP contribution in [-0.4, -0.2) is 46.5 Å². The molecule has 0 aromatic carbocycles. The van der Waals surface area contributed by atoms with Gasteiger partial charge in [-0.15, -0.1) is 11.3 Å². The zero-order valence-electron chi connectivity index (χ0n) is 21.6. The standard InChI is InChI=1S/C26H40N4O3S/c1-15(23(33)30(7)12-8-11-27)17-9-10-26(6)13-18-21(16(2)20(26)22(17)32)29-24(34-18)28-19(31)14-25(3,4)5/h15-17,20,22,32H,8-10,12-14H2,1-7H3,(H,28,29,31)/t15-,16-,17?,20+,22-,26-/m0/s1. The number of amides is 2. The summed E-state index contributed by atoms with van der Waals surface area (Å²) in [7, 11) is 1.73. The Bertz CT molecular complexity index is 962. The highest BCUT2D eigenvalue weighted by Crippen LogP contribution is 2.57. The molecule has 8 heteroatoms. The van der Waals surface area contributed by atoms with Crippen LogP contribution in [0, 0.1) is 39.9 Å². The predicted molar refractivity (Wildman–Crippen MR) is 134 cm³/mol. The van der Waals surface area contributed by atoms with Gasteiger partial charge in [-0.25, -0.2) is 4.98 Å². The average Bonchev–Trinajstić information content (AvgIpc) is 3.11. The second-order valence-corrected chi connectivity index (χ2v) is 13.0. The van der Waals surface area contributed by atoms with Crippen molar-refractivity contribution in [2.45, 2.75) is 85.7 Å². The number of aliphatic hydroxyl groups is 1. The van der Waals surface area contributed by atoms with Crippen LogP contribution in [0.5, 0.6) is 0 Å². The molecule has 0 radical (unpaired) electrons. The van der Waals surface area contributed by atoms with Crippen molar-refractivity contribution in [3.63, 3.8) is 0 Å². The molecule has 7 nitrogen and oxygen atoms in total. The van der Waals surface area contributed by atoms with Gasteiger partial charge in [-0.1, -0.05) is 41.5 Å². The van der Waals surface area contributed by atoms with Crippen molar-refractivity contribution in [2.75, 3.05) is 18.9 Å². The Morgan fingerprint density at radius 1 is 1.41 bits per heavy atom. The van der Waals surface area contributed by atoms with Crippen molar-refractivity contribution < 1.29 is 14.7 Å². The van der Waals surface area contributed by atoms with Crippen LogP contribution in [0.1, 0.15) is 83.7 Å². The van der Waals surface area contributed by atoms with Crippen LogP contribution in [0.25, 0.3) is 0 Å². The van der Waals surface area contributed by atoms with Gasteiger partial charge in [-0.2, -0.15) is 5.26 Å². The molecule has 2 aliphatic carbocycles. The highest BCUT2D eigenvalue weighted by atomic mass is 32.1. The normalized spacial score (nSPS) is 29.4. The summed E-state index contributed by atoms with van der Waals surface area (Å²) in [5, 5.41) is 24.0. The maximum absolute atomic E-state index is 13.0. The summed E-state index contributed by atoms with van der Waals surface area (Å²) in [6.45, 7) is 12.8. The second kappa shape index (κ2) is 9.94. The monoisotopic (exact) mass is 488 g/mol. The predicted octanol–water partition coefficient (Wildman–Crippen LogP) is 4.58. The number of nitrogens with zero attached hydrogens (tertiary/aromatic N) is 3. The van der Waals surface area contributed by atoms with E-state index in [1.54, 1.807) is 23.3 Å². The fraction of sp³-hybridized carbons (Fsp3) is 0.769. The SMILES string of the molecule is C[C@H](C(=O)N(C)CCC#N)C1CC[C@@]2(C)Cc3sc(NC(=O)CC(C)(C)C)nc3[C@@H](C)[C@@H]2[C@H]1O. The lowest BCUT2D eigenvalue weighted by atomic mass is 9.53. The molecule has 6 atom stereocenters. The summed E-state index contributed by atoms with van der Waals surface area (Å²) in [6.07, 6.45) is 2.70. The minimum atomic E-state index is -0.606. The quantitative estimate of drug-likeness (QED) is 0.610. The fourth-order valence-electron chi connectivity index (χ4n) is 6.10. The number of aromatic nitrogens is 1. The number of nitrogens with one attached hydrogen (secondary N) is 1. The number of fused-ring (bicyclic) bond motifs is 2. The van der Waals surface area contributed by atoms with Gasteiger partial charge in [0.25, 0.3) is 0 Å². The summed E-state index contributed by atoms with van der Waals surface area (Å²) in [5.41, 5.74) is 0.812. The van der Waals surface area contributed by atoms with Crippen molar-refractivity contribution >= 4 is 28.3 Å². The molecule has 2 N–H and O–H groups in total. The van der Waals surface area contributed by atoms with Crippen molar-refractivity contribution in [3.05, 3.63) is 10.6 Å². The lowest BCUT2D eigenvalue weighted by Gasteiger charge is -2.53. The molecule has 1 fully saturated rings. The van der Waals surface area contributed by atoms with Crippen LogP contribution in [0.15, 0.2) is 0 Å². The number of aliphatic hydroxyl groups excluding tert-OH is 1. The molecule has 0 bridgehead atoms. The highest BCUT2D eigenvalue weighted by Gasteiger charge is 2.54. The molecular formula is C26H40N4O3S. The molecule has 188 valence electrons. The smallest absolute Gasteiger partial charge is 0.226 e. The first-order valence-electron chi connectivity index (χ1n) is 12.4. The van der Waals surface area contributed by atoms with Crippen LogP contribution in [0.2, 0.25) is 0 Å². The molecule has 34 heavy (non-hydrogen) atoms. The number of thiazole rings is 1. The Labute approximate surface area is 207 Å². The van der Waals surface area contributed by atoms with Gasteiger partial charge >= 0.3 is 0 Å². The fourth-order valence-corrected chi connectivity index (χ4v) is 7.38. The molecule has 0 aliphatic heterocycles. The van der Waals surface area contributed by atoms with E-state index in [1.165, 1.54) is 4.88 Å². The molecule has 1 aromatic heterocycles. The Morgan fingerprint density at radius 2 is 2.09 bits per heavy atom. The molecule has 0 spiro atoms. The lowest BCUT2D eigenvalue weighted by molar-refractivity contribution is -0.143. The third-order valence-electron chi connectivity index (χ3n) is 7.83. The van der Waals surface area contributed by atoms with E-state index in [4.69, 9.17) is 10.2 Å². The van der Waals surface area contributed by atoms with E-state index >= 15 is 0 Å². The molecule has 2 amide bonds. The molecule has 1 saturated carbocycles. The van der Waals surface area contributed by atoms with E-state index in [2.05, 4.69) is 25.2 Å². The lowest BCUT2D eigenvalue weighted by Crippen LogP contribution is -2.53. The summed E-state index contributed by atoms with van der Waals surface area (Å²) >= 11 is 1.56. The van der Waals surface area contributed by atoms with Gasteiger partial charge in [-0.05, 0) is 41.9 Å². The van der Waals surface area contributed by atoms with Gasteiger partial charge in [0, 0.05) is 36.7 Å². The highest BCUT2D eigenvalue weighted by molar-refractivity contribution is 7.15. The maximum atomic E-state index is 13.0. The summed E-state index contributed by atoms with van der Waals surface area (Å²) in [5.74, 6) is -0.427. The molecule has 1 aromatic rings. The van der Waals surface area contributed by atoms with Crippen LogP contribution >= 0.6 is 11.3 Å². The summed E-state index contributed by atoms with van der Waals surface area (Å²) < 4.78 is 0. The van der Waals surface area contributed by atoms with Gasteiger partial charge in [0.2, 0.25) is 11.8 Å². The average molecular weight is 489 g/mol. The number of rotatable bonds is 6. The maximum Gasteiger partial charge on any atom is 0.226 e. The van der Waals surface area contributed by atoms with E-state index in [9.17, 15) is 14.7 Å². The first-order chi connectivity index (χ1) is 15.8. The van der Waals surface area contributed by atoms with Crippen molar-refractivity contribution in [1.29, 1.82) is 5.26 Å². The summed E-state index contributed by atoms with van der Waals surface area (Å²) in [6, 6.07) is 2.09. The number of nitriles is 1. The van der Waals surface area contributed by atoms with Crippen molar-refractivity contribution in [2.24, 2.45) is 28.6 Å². The number of hydrogen-bond donors (Lipinski definition) is 2. The number of carbonyl (C=O) groups is 2. The third kappa shape index (κ3) is 5.46. The van der Waals surface area contributed by atoms with Crippen molar-refractivity contribution in [1.82, 2.24) is 9.88 Å². The molecular weight excluding hydrogens is 448 g/mol. The number of hydrogen-bond acceptors (Lipinski definition) is 6. The first-order valence-corrected chi connectivity index (χ1v) is 13.2. The number of carbonyl (C=O) groups excluding carboxylic acids is 2. The summed E-state index contributed by atoms with van der Waals surface area (Å²) in [4.78, 5) is 33.0. The van der Waals surface area contributed by atoms with Gasteiger partial charge < -0.3 is 15.3 Å². The molecule has 2 aliphatic rings. The van der Waals surface area contributed by atoms with Gasteiger partial charge in [-0.3, -0.25) is 9.59 Å². The molecule has 3 rings (SSSR count). The zero-order chi connectivity index (χ0) is 25.4. The van der Waals surface area contributed by atoms with E-state index < -0.39 is 6.10 Å². The number of anilines is 1. The molecule has 1 unspecified atom stereocenters. The zero-order valence-corrected chi connectivity index (χ0v) is 22.5. The van der Waals surface area contributed by atoms with Crippen LogP contribution in [-0.2, 0) is 16.0 Å². The van der Waals surface area contributed by atoms with Crippen LogP contribution in [0.3, 0.4) is 0 Å². The van der Waals surface area contributed by atoms with Gasteiger partial charge in [0.1, 0.15) is 0 Å². The van der Waals surface area contributed by atoms with E-state index in [1.807, 2.05) is 27.7 Å². The topological polar surface area (TPSA) is 106 Å². The Balaban J connectivity index is 1.78. The molecule has 0 saturated heterocycles. The van der Waals surface area contributed by atoms with E-state index in [0.717, 1.165) is 25.0 Å². The van der Waals surface area contributed by atoms with E-state index in [0.29, 0.717) is 24.5 Å². The van der Waals surface area contributed by atoms with Crippen molar-refractivity contribution in [3.8, 4) is 6.07 Å².